The van der Waals surface area contributed by atoms with Crippen LogP contribution in [0.3, 0.4) is 0 Å². The molecule has 23 heavy (non-hydrogen) atoms. The third kappa shape index (κ3) is 3.75. The lowest BCUT2D eigenvalue weighted by Gasteiger charge is -2.35. The maximum atomic E-state index is 13.9. The maximum Gasteiger partial charge on any atom is 0.257 e. The minimum atomic E-state index is -2.88. The molecular formula is C15H19BrFN2O3S+. The van der Waals surface area contributed by atoms with E-state index in [0.717, 1.165) is 0 Å². The van der Waals surface area contributed by atoms with Crippen molar-refractivity contribution in [3.05, 3.63) is 34.1 Å². The second kappa shape index (κ2) is 6.49. The second-order valence-electron chi connectivity index (χ2n) is 6.17. The Kier molecular flexibility index (Phi) is 4.75. The van der Waals surface area contributed by atoms with Gasteiger partial charge in [-0.2, -0.15) is 0 Å². The fourth-order valence-corrected chi connectivity index (χ4v) is 5.51. The number of hydrogen-bond donors (Lipinski definition) is 1. The largest absolute Gasteiger partial charge is 0.329 e. The number of nitrogens with zero attached hydrogens (tertiary/aromatic N) is 1. The Bertz CT molecular complexity index is 717. The number of amides is 1. The fourth-order valence-electron chi connectivity index (χ4n) is 3.36. The first kappa shape index (κ1) is 16.9. The Balaban J connectivity index is 1.61. The molecule has 2 aliphatic heterocycles. The van der Waals surface area contributed by atoms with Gasteiger partial charge in [0, 0.05) is 10.9 Å². The molecule has 1 atom stereocenters. The van der Waals surface area contributed by atoms with Crippen LogP contribution in [0.25, 0.3) is 0 Å². The van der Waals surface area contributed by atoms with Crippen LogP contribution in [-0.2, 0) is 9.84 Å². The molecule has 1 aromatic rings. The van der Waals surface area contributed by atoms with Crippen molar-refractivity contribution in [3.63, 3.8) is 0 Å². The van der Waals surface area contributed by atoms with E-state index in [-0.39, 0.29) is 29.0 Å². The van der Waals surface area contributed by atoms with E-state index in [1.54, 1.807) is 11.0 Å². The van der Waals surface area contributed by atoms with E-state index in [1.807, 2.05) is 0 Å². The molecule has 2 saturated heterocycles. The normalized spacial score (nSPS) is 24.8. The van der Waals surface area contributed by atoms with Crippen LogP contribution in [-0.4, -0.2) is 63.0 Å². The van der Waals surface area contributed by atoms with Gasteiger partial charge in [-0.05, 0) is 18.2 Å². The summed E-state index contributed by atoms with van der Waals surface area (Å²) in [5, 5.41) is 0. The molecule has 0 spiro atoms. The summed E-state index contributed by atoms with van der Waals surface area (Å²) in [5.41, 5.74) is 0.0834. The zero-order valence-corrected chi connectivity index (χ0v) is 15.0. The maximum absolute atomic E-state index is 13.9. The van der Waals surface area contributed by atoms with E-state index in [2.05, 4.69) is 15.9 Å². The van der Waals surface area contributed by atoms with E-state index in [4.69, 9.17) is 0 Å². The summed E-state index contributed by atoms with van der Waals surface area (Å²) >= 11 is 3.18. The van der Waals surface area contributed by atoms with Gasteiger partial charge < -0.3 is 9.80 Å². The van der Waals surface area contributed by atoms with E-state index in [9.17, 15) is 17.6 Å². The number of quaternary nitrogens is 1. The van der Waals surface area contributed by atoms with Gasteiger partial charge >= 0.3 is 0 Å². The minimum Gasteiger partial charge on any atom is -0.329 e. The fraction of sp³-hybridized carbons (Fsp3) is 0.533. The molecular weight excluding hydrogens is 387 g/mol. The highest BCUT2D eigenvalue weighted by Crippen LogP contribution is 2.17. The molecule has 1 N–H and O–H groups in total. The number of rotatable bonds is 2. The van der Waals surface area contributed by atoms with Crippen molar-refractivity contribution in [1.29, 1.82) is 0 Å². The van der Waals surface area contributed by atoms with Crippen molar-refractivity contribution < 1.29 is 22.5 Å². The van der Waals surface area contributed by atoms with E-state index < -0.39 is 15.7 Å². The Morgan fingerprint density at radius 2 is 2.00 bits per heavy atom. The smallest absolute Gasteiger partial charge is 0.257 e. The molecule has 1 amide bonds. The Hall–Kier alpha value is -0.990. The van der Waals surface area contributed by atoms with Gasteiger partial charge in [0.1, 0.15) is 17.6 Å². The first-order valence-electron chi connectivity index (χ1n) is 7.65. The quantitative estimate of drug-likeness (QED) is 0.759. The predicted octanol–water partition coefficient (Wildman–Crippen LogP) is 0.116. The number of nitrogens with one attached hydrogen (secondary N) is 1. The molecule has 1 aromatic carbocycles. The second-order valence-corrected chi connectivity index (χ2v) is 9.32. The average molecular weight is 406 g/mol. The van der Waals surface area contributed by atoms with Crippen molar-refractivity contribution in [1.82, 2.24) is 4.90 Å². The SMILES string of the molecule is O=C(c1ccc(Br)cc1F)N1CC[NH+]([C@@H]2CCS(=O)(=O)C2)CC1. The van der Waals surface area contributed by atoms with Gasteiger partial charge in [-0.1, -0.05) is 15.9 Å². The molecule has 5 nitrogen and oxygen atoms in total. The van der Waals surface area contributed by atoms with Crippen molar-refractivity contribution >= 4 is 31.7 Å². The Morgan fingerprint density at radius 3 is 2.57 bits per heavy atom. The lowest BCUT2D eigenvalue weighted by atomic mass is 10.1. The molecule has 0 aliphatic carbocycles. The van der Waals surface area contributed by atoms with Gasteiger partial charge in [-0.3, -0.25) is 4.79 Å². The summed E-state index contributed by atoms with van der Waals surface area (Å²) < 4.78 is 37.7. The number of carbonyl (C=O) groups excluding carboxylic acids is 1. The molecule has 2 heterocycles. The molecule has 2 aliphatic rings. The zero-order chi connectivity index (χ0) is 16.6. The minimum absolute atomic E-state index is 0.0834. The molecule has 126 valence electrons. The van der Waals surface area contributed by atoms with Gasteiger partial charge in [-0.25, -0.2) is 12.8 Å². The number of sulfone groups is 1. The molecule has 0 radical (unpaired) electrons. The van der Waals surface area contributed by atoms with Gasteiger partial charge in [0.2, 0.25) is 0 Å². The molecule has 0 saturated carbocycles. The molecule has 3 rings (SSSR count). The van der Waals surface area contributed by atoms with Gasteiger partial charge in [0.25, 0.3) is 5.91 Å². The van der Waals surface area contributed by atoms with Gasteiger partial charge in [0.05, 0.1) is 37.5 Å². The molecule has 0 bridgehead atoms. The summed E-state index contributed by atoms with van der Waals surface area (Å²) in [7, 11) is -2.88. The number of halogens is 2. The average Bonchev–Trinajstić information content (AvgIpc) is 2.87. The van der Waals surface area contributed by atoms with Crippen LogP contribution < -0.4 is 4.90 Å². The summed E-state index contributed by atoms with van der Waals surface area (Å²) in [6.07, 6.45) is 0.701. The highest BCUT2D eigenvalue weighted by atomic mass is 79.9. The lowest BCUT2D eigenvalue weighted by Crippen LogP contribution is -3.18. The zero-order valence-electron chi connectivity index (χ0n) is 12.6. The molecule has 2 fully saturated rings. The van der Waals surface area contributed by atoms with Crippen LogP contribution in [0, 0.1) is 5.82 Å². The van der Waals surface area contributed by atoms with Crippen LogP contribution in [0.5, 0.6) is 0 Å². The van der Waals surface area contributed by atoms with Crippen molar-refractivity contribution in [3.8, 4) is 0 Å². The van der Waals surface area contributed by atoms with E-state index in [0.29, 0.717) is 37.1 Å². The van der Waals surface area contributed by atoms with Crippen molar-refractivity contribution in [2.24, 2.45) is 0 Å². The van der Waals surface area contributed by atoms with E-state index >= 15 is 0 Å². The first-order chi connectivity index (χ1) is 10.9. The Labute approximate surface area is 143 Å². The lowest BCUT2D eigenvalue weighted by molar-refractivity contribution is -0.925. The summed E-state index contributed by atoms with van der Waals surface area (Å²) in [6.45, 7) is 2.48. The number of piperazine rings is 1. The van der Waals surface area contributed by atoms with Crippen LogP contribution >= 0.6 is 15.9 Å². The number of carbonyl (C=O) groups is 1. The summed E-state index contributed by atoms with van der Waals surface area (Å²) in [6, 6.07) is 4.57. The first-order valence-corrected chi connectivity index (χ1v) is 10.3. The standard InChI is InChI=1S/C15H18BrFN2O3S/c16-11-1-2-13(14(17)9-11)15(20)19-6-4-18(5-7-19)12-3-8-23(21,22)10-12/h1-2,9,12H,3-8,10H2/p+1/t12-/m1/s1. The Morgan fingerprint density at radius 1 is 1.30 bits per heavy atom. The topological polar surface area (TPSA) is 58.9 Å². The molecule has 8 heteroatoms. The van der Waals surface area contributed by atoms with Crippen LogP contribution in [0.15, 0.2) is 22.7 Å². The third-order valence-electron chi connectivity index (χ3n) is 4.66. The third-order valence-corrected chi connectivity index (χ3v) is 6.93. The highest BCUT2D eigenvalue weighted by Gasteiger charge is 2.37. The molecule has 0 aromatic heterocycles. The van der Waals surface area contributed by atoms with Crippen LogP contribution in [0.4, 0.5) is 4.39 Å². The highest BCUT2D eigenvalue weighted by molar-refractivity contribution is 9.10. The van der Waals surface area contributed by atoms with E-state index in [1.165, 1.54) is 17.0 Å². The number of benzene rings is 1. The predicted molar refractivity (Wildman–Crippen MR) is 87.8 cm³/mol. The monoisotopic (exact) mass is 405 g/mol. The van der Waals surface area contributed by atoms with Crippen molar-refractivity contribution in [2.45, 2.75) is 12.5 Å². The summed E-state index contributed by atoms with van der Waals surface area (Å²) in [4.78, 5) is 15.3. The number of hydrogen-bond acceptors (Lipinski definition) is 3. The van der Waals surface area contributed by atoms with Gasteiger partial charge in [0.15, 0.2) is 9.84 Å². The summed E-state index contributed by atoms with van der Waals surface area (Å²) in [5.74, 6) is -0.305. The van der Waals surface area contributed by atoms with Crippen LogP contribution in [0.1, 0.15) is 16.8 Å². The van der Waals surface area contributed by atoms with Gasteiger partial charge in [-0.15, -0.1) is 0 Å². The van der Waals surface area contributed by atoms with Crippen molar-refractivity contribution in [2.75, 3.05) is 37.7 Å². The van der Waals surface area contributed by atoms with Crippen LogP contribution in [0.2, 0.25) is 0 Å². The molecule has 0 unspecified atom stereocenters.